The van der Waals surface area contributed by atoms with Gasteiger partial charge in [0.1, 0.15) is 5.76 Å². The minimum Gasteiger partial charge on any atom is -0.481 e. The van der Waals surface area contributed by atoms with Crippen molar-refractivity contribution >= 4 is 12.0 Å². The molecule has 1 aromatic rings. The summed E-state index contributed by atoms with van der Waals surface area (Å²) in [4.78, 5) is 26.5. The van der Waals surface area contributed by atoms with E-state index in [1.165, 1.54) is 0 Å². The first-order chi connectivity index (χ1) is 9.97. The van der Waals surface area contributed by atoms with Crippen LogP contribution in [0.25, 0.3) is 0 Å². The summed E-state index contributed by atoms with van der Waals surface area (Å²) < 4.78 is 5.23. The number of likely N-dealkylation sites (tertiary alicyclic amines) is 1. The van der Waals surface area contributed by atoms with Gasteiger partial charge in [-0.1, -0.05) is 0 Å². The van der Waals surface area contributed by atoms with Crippen molar-refractivity contribution in [3.05, 3.63) is 23.7 Å². The highest BCUT2D eigenvalue weighted by Crippen LogP contribution is 2.21. The molecule has 0 bridgehead atoms. The molecule has 116 valence electrons. The molecule has 21 heavy (non-hydrogen) atoms. The normalized spacial score (nSPS) is 16.0. The Morgan fingerprint density at radius 1 is 1.43 bits per heavy atom. The summed E-state index contributed by atoms with van der Waals surface area (Å²) in [5.74, 6) is 0.259. The number of piperidine rings is 1. The molecule has 0 saturated carbocycles. The van der Waals surface area contributed by atoms with Gasteiger partial charge in [0.15, 0.2) is 0 Å². The van der Waals surface area contributed by atoms with Gasteiger partial charge in [-0.05, 0) is 31.7 Å². The number of furan rings is 1. The molecule has 0 aliphatic carbocycles. The molecule has 0 unspecified atom stereocenters. The van der Waals surface area contributed by atoms with E-state index in [-0.39, 0.29) is 18.4 Å². The first kappa shape index (κ1) is 15.4. The highest BCUT2D eigenvalue weighted by molar-refractivity contribution is 5.74. The number of amides is 2. The quantitative estimate of drug-likeness (QED) is 0.925. The number of aliphatic carboxylic acids is 1. The summed E-state index contributed by atoms with van der Waals surface area (Å²) in [6.45, 7) is 3.66. The molecule has 6 nitrogen and oxygen atoms in total. The fraction of sp³-hybridized carbons (Fsp3) is 0.600. The second kappa shape index (κ2) is 6.65. The van der Waals surface area contributed by atoms with E-state index in [0.29, 0.717) is 19.6 Å². The molecule has 0 atom stereocenters. The number of hydrogen-bond acceptors (Lipinski definition) is 3. The van der Waals surface area contributed by atoms with Gasteiger partial charge in [0.2, 0.25) is 0 Å². The Morgan fingerprint density at radius 2 is 2.10 bits per heavy atom. The Labute approximate surface area is 124 Å². The van der Waals surface area contributed by atoms with Gasteiger partial charge in [-0.15, -0.1) is 0 Å². The van der Waals surface area contributed by atoms with E-state index < -0.39 is 5.97 Å². The number of carbonyl (C=O) groups excluding carboxylic acids is 1. The largest absolute Gasteiger partial charge is 0.481 e. The first-order valence-electron chi connectivity index (χ1n) is 7.22. The molecule has 0 radical (unpaired) electrons. The fourth-order valence-corrected chi connectivity index (χ4v) is 2.72. The molecule has 1 saturated heterocycles. The third kappa shape index (κ3) is 4.00. The predicted molar refractivity (Wildman–Crippen MR) is 76.9 cm³/mol. The van der Waals surface area contributed by atoms with Crippen molar-refractivity contribution in [1.82, 2.24) is 9.80 Å². The summed E-state index contributed by atoms with van der Waals surface area (Å²) in [5, 5.41) is 8.80. The van der Waals surface area contributed by atoms with E-state index in [0.717, 1.165) is 24.2 Å². The maximum Gasteiger partial charge on any atom is 0.320 e. The Bertz CT molecular complexity index is 504. The predicted octanol–water partition coefficient (Wildman–Crippen LogP) is 2.33. The van der Waals surface area contributed by atoms with Gasteiger partial charge in [-0.2, -0.15) is 0 Å². The van der Waals surface area contributed by atoms with Crippen molar-refractivity contribution in [1.29, 1.82) is 0 Å². The SMILES string of the molecule is Cc1occc1CN(C)C(=O)N1CCC(CC(=O)O)CC1. The average molecular weight is 294 g/mol. The molecule has 2 heterocycles. The van der Waals surface area contributed by atoms with Gasteiger partial charge in [0.25, 0.3) is 0 Å². The molecule has 1 aliphatic rings. The molecule has 0 spiro atoms. The zero-order valence-electron chi connectivity index (χ0n) is 12.5. The summed E-state index contributed by atoms with van der Waals surface area (Å²) >= 11 is 0. The van der Waals surface area contributed by atoms with Crippen LogP contribution in [0.3, 0.4) is 0 Å². The Balaban J connectivity index is 1.84. The summed E-state index contributed by atoms with van der Waals surface area (Å²) in [6.07, 6.45) is 3.35. The van der Waals surface area contributed by atoms with Crippen LogP contribution < -0.4 is 0 Å². The van der Waals surface area contributed by atoms with Gasteiger partial charge in [0, 0.05) is 32.1 Å². The number of nitrogens with zero attached hydrogens (tertiary/aromatic N) is 2. The van der Waals surface area contributed by atoms with Crippen molar-refractivity contribution in [3.8, 4) is 0 Å². The van der Waals surface area contributed by atoms with Crippen molar-refractivity contribution in [2.24, 2.45) is 5.92 Å². The van der Waals surface area contributed by atoms with Gasteiger partial charge < -0.3 is 19.3 Å². The summed E-state index contributed by atoms with van der Waals surface area (Å²) in [7, 11) is 1.78. The van der Waals surface area contributed by atoms with Crippen LogP contribution in [0.15, 0.2) is 16.7 Å². The van der Waals surface area contributed by atoms with Crippen LogP contribution in [-0.4, -0.2) is 47.0 Å². The van der Waals surface area contributed by atoms with Crippen LogP contribution in [0, 0.1) is 12.8 Å². The molecule has 6 heteroatoms. The lowest BCUT2D eigenvalue weighted by atomic mass is 9.94. The van der Waals surface area contributed by atoms with Crippen molar-refractivity contribution in [2.45, 2.75) is 32.7 Å². The Hall–Kier alpha value is -1.98. The second-order valence-corrected chi connectivity index (χ2v) is 5.67. The monoisotopic (exact) mass is 294 g/mol. The van der Waals surface area contributed by atoms with E-state index >= 15 is 0 Å². The highest BCUT2D eigenvalue weighted by Gasteiger charge is 2.26. The number of hydrogen-bond donors (Lipinski definition) is 1. The third-order valence-electron chi connectivity index (χ3n) is 4.05. The molecule has 2 amide bonds. The lowest BCUT2D eigenvalue weighted by Crippen LogP contribution is -2.45. The van der Waals surface area contributed by atoms with E-state index in [1.54, 1.807) is 23.1 Å². The molecule has 0 aromatic carbocycles. The van der Waals surface area contributed by atoms with E-state index in [4.69, 9.17) is 9.52 Å². The molecule has 1 fully saturated rings. The van der Waals surface area contributed by atoms with Crippen molar-refractivity contribution in [2.75, 3.05) is 20.1 Å². The van der Waals surface area contributed by atoms with E-state index in [2.05, 4.69) is 0 Å². The number of rotatable bonds is 4. The number of carbonyl (C=O) groups is 2. The van der Waals surface area contributed by atoms with Crippen LogP contribution in [0.4, 0.5) is 4.79 Å². The standard InChI is InChI=1S/C15H22N2O4/c1-11-13(5-8-21-11)10-16(2)15(20)17-6-3-12(4-7-17)9-14(18)19/h5,8,12H,3-4,6-7,9-10H2,1-2H3,(H,18,19). The van der Waals surface area contributed by atoms with E-state index in [9.17, 15) is 9.59 Å². The minimum absolute atomic E-state index is 0.00984. The lowest BCUT2D eigenvalue weighted by Gasteiger charge is -2.34. The van der Waals surface area contributed by atoms with Crippen LogP contribution >= 0.6 is 0 Å². The van der Waals surface area contributed by atoms with Crippen LogP contribution in [0.5, 0.6) is 0 Å². The molecular weight excluding hydrogens is 272 g/mol. The number of carboxylic acid groups (broad SMARTS) is 1. The lowest BCUT2D eigenvalue weighted by molar-refractivity contribution is -0.138. The first-order valence-corrected chi connectivity index (χ1v) is 7.22. The maximum atomic E-state index is 12.4. The number of aryl methyl sites for hydroxylation is 1. The van der Waals surface area contributed by atoms with Crippen LogP contribution in [0.2, 0.25) is 0 Å². The zero-order valence-corrected chi connectivity index (χ0v) is 12.5. The van der Waals surface area contributed by atoms with Crippen LogP contribution in [0.1, 0.15) is 30.6 Å². The topological polar surface area (TPSA) is 74.0 Å². The molecule has 1 N–H and O–H groups in total. The van der Waals surface area contributed by atoms with E-state index in [1.807, 2.05) is 13.0 Å². The van der Waals surface area contributed by atoms with Gasteiger partial charge in [-0.25, -0.2) is 4.79 Å². The third-order valence-corrected chi connectivity index (χ3v) is 4.05. The minimum atomic E-state index is -0.757. The van der Waals surface area contributed by atoms with Crippen molar-refractivity contribution in [3.63, 3.8) is 0 Å². The average Bonchev–Trinajstić information content (AvgIpc) is 2.83. The Kier molecular flexibility index (Phi) is 4.88. The van der Waals surface area contributed by atoms with Gasteiger partial charge in [-0.3, -0.25) is 4.79 Å². The zero-order chi connectivity index (χ0) is 15.4. The number of carboxylic acids is 1. The Morgan fingerprint density at radius 3 is 2.62 bits per heavy atom. The molecule has 1 aromatic heterocycles. The molecular formula is C15H22N2O4. The smallest absolute Gasteiger partial charge is 0.320 e. The van der Waals surface area contributed by atoms with Gasteiger partial charge in [0.05, 0.1) is 12.8 Å². The molecule has 2 rings (SSSR count). The number of urea groups is 1. The fourth-order valence-electron chi connectivity index (χ4n) is 2.72. The summed E-state index contributed by atoms with van der Waals surface area (Å²) in [6, 6.07) is 1.86. The highest BCUT2D eigenvalue weighted by atomic mass is 16.4. The van der Waals surface area contributed by atoms with Crippen molar-refractivity contribution < 1.29 is 19.1 Å². The van der Waals surface area contributed by atoms with Gasteiger partial charge >= 0.3 is 12.0 Å². The van der Waals surface area contributed by atoms with Crippen LogP contribution in [-0.2, 0) is 11.3 Å². The summed E-state index contributed by atoms with van der Waals surface area (Å²) in [5.41, 5.74) is 1.01. The maximum absolute atomic E-state index is 12.4. The molecule has 1 aliphatic heterocycles. The second-order valence-electron chi connectivity index (χ2n) is 5.67.